The Balaban J connectivity index is 2.58. The van der Waals surface area contributed by atoms with Gasteiger partial charge >= 0.3 is 5.97 Å². The third-order valence-electron chi connectivity index (χ3n) is 1.14. The zero-order valence-electron chi connectivity index (χ0n) is 6.35. The minimum atomic E-state index is -0.827. The molecule has 1 unspecified atom stereocenters. The summed E-state index contributed by atoms with van der Waals surface area (Å²) in [5, 5.41) is 8.60. The van der Waals surface area contributed by atoms with Crippen LogP contribution in [-0.4, -0.2) is 21.3 Å². The maximum absolute atomic E-state index is 10.4. The lowest BCUT2D eigenvalue weighted by Gasteiger charge is -2.00. The van der Waals surface area contributed by atoms with E-state index in [1.54, 1.807) is 13.1 Å². The van der Waals surface area contributed by atoms with Gasteiger partial charge in [0.15, 0.2) is 5.13 Å². The average molecular weight is 204 g/mol. The van der Waals surface area contributed by atoms with Crippen LogP contribution >= 0.6 is 23.1 Å². The van der Waals surface area contributed by atoms with Gasteiger partial charge < -0.3 is 10.8 Å². The van der Waals surface area contributed by atoms with Crippen LogP contribution in [0.4, 0.5) is 5.13 Å². The van der Waals surface area contributed by atoms with Crippen molar-refractivity contribution in [3.8, 4) is 0 Å². The lowest BCUT2D eigenvalue weighted by atomic mass is 10.5. The van der Waals surface area contributed by atoms with Gasteiger partial charge in [0.2, 0.25) is 0 Å². The number of thiazole rings is 1. The summed E-state index contributed by atoms with van der Waals surface area (Å²) < 4.78 is 0.836. The lowest BCUT2D eigenvalue weighted by Crippen LogP contribution is -2.10. The molecule has 0 aliphatic heterocycles. The van der Waals surface area contributed by atoms with Crippen molar-refractivity contribution in [2.24, 2.45) is 0 Å². The van der Waals surface area contributed by atoms with E-state index in [-0.39, 0.29) is 0 Å². The molecular formula is C6H8N2O2S2. The molecule has 0 amide bonds. The van der Waals surface area contributed by atoms with E-state index in [9.17, 15) is 4.79 Å². The summed E-state index contributed by atoms with van der Waals surface area (Å²) in [4.78, 5) is 14.3. The molecule has 1 atom stereocenters. The molecule has 0 aliphatic rings. The van der Waals surface area contributed by atoms with E-state index in [4.69, 9.17) is 10.8 Å². The number of nitrogens with zero attached hydrogens (tertiary/aromatic N) is 1. The first kappa shape index (κ1) is 9.34. The number of carbonyl (C=O) groups is 1. The van der Waals surface area contributed by atoms with E-state index in [0.717, 1.165) is 4.21 Å². The molecule has 12 heavy (non-hydrogen) atoms. The number of hydrogen-bond acceptors (Lipinski definition) is 5. The summed E-state index contributed by atoms with van der Waals surface area (Å²) in [6.45, 7) is 1.63. The Morgan fingerprint density at radius 2 is 2.58 bits per heavy atom. The van der Waals surface area contributed by atoms with Crippen molar-refractivity contribution in [2.45, 2.75) is 16.4 Å². The number of nitrogen functional groups attached to an aromatic ring is 1. The fraction of sp³-hybridized carbons (Fsp3) is 0.333. The lowest BCUT2D eigenvalue weighted by molar-refractivity contribution is -0.136. The predicted octanol–water partition coefficient (Wildman–Crippen LogP) is 1.29. The summed E-state index contributed by atoms with van der Waals surface area (Å²) >= 11 is 2.55. The second kappa shape index (κ2) is 3.77. The second-order valence-electron chi connectivity index (χ2n) is 2.12. The van der Waals surface area contributed by atoms with Crippen LogP contribution in [0.1, 0.15) is 6.92 Å². The summed E-state index contributed by atoms with van der Waals surface area (Å²) in [6, 6.07) is 0. The Kier molecular flexibility index (Phi) is 2.93. The molecule has 0 aliphatic carbocycles. The van der Waals surface area contributed by atoms with E-state index < -0.39 is 11.2 Å². The van der Waals surface area contributed by atoms with Gasteiger partial charge in [-0.05, 0) is 6.92 Å². The standard InChI is InChI=1S/C6H8N2O2S2/c1-3(5(9)10)11-4-2-8-6(7)12-4/h2-3H,1H3,(H2,7,8)(H,9,10). The van der Waals surface area contributed by atoms with Gasteiger partial charge in [0.05, 0.1) is 10.4 Å². The van der Waals surface area contributed by atoms with Gasteiger partial charge in [-0.25, -0.2) is 4.98 Å². The van der Waals surface area contributed by atoms with Gasteiger partial charge in [-0.2, -0.15) is 0 Å². The number of nitrogens with two attached hydrogens (primary N) is 1. The predicted molar refractivity (Wildman–Crippen MR) is 49.5 cm³/mol. The van der Waals surface area contributed by atoms with Gasteiger partial charge in [0.25, 0.3) is 0 Å². The van der Waals surface area contributed by atoms with Crippen molar-refractivity contribution < 1.29 is 9.90 Å². The van der Waals surface area contributed by atoms with E-state index in [0.29, 0.717) is 5.13 Å². The Morgan fingerprint density at radius 1 is 1.92 bits per heavy atom. The highest BCUT2D eigenvalue weighted by atomic mass is 32.2. The highest BCUT2D eigenvalue weighted by molar-refractivity contribution is 8.02. The van der Waals surface area contributed by atoms with E-state index >= 15 is 0 Å². The summed E-state index contributed by atoms with van der Waals surface area (Å²) in [7, 11) is 0. The average Bonchev–Trinajstić information content (AvgIpc) is 2.35. The molecule has 6 heteroatoms. The molecule has 1 aromatic heterocycles. The van der Waals surface area contributed by atoms with E-state index in [2.05, 4.69) is 4.98 Å². The number of aromatic nitrogens is 1. The highest BCUT2D eigenvalue weighted by Gasteiger charge is 2.13. The van der Waals surface area contributed by atoms with Crippen molar-refractivity contribution in [2.75, 3.05) is 5.73 Å². The van der Waals surface area contributed by atoms with Crippen LogP contribution in [0.15, 0.2) is 10.4 Å². The normalized spacial score (nSPS) is 12.8. The van der Waals surface area contributed by atoms with Crippen LogP contribution in [0.25, 0.3) is 0 Å². The number of hydrogen-bond donors (Lipinski definition) is 2. The maximum Gasteiger partial charge on any atom is 0.316 e. The van der Waals surface area contributed by atoms with Gasteiger partial charge in [0.1, 0.15) is 5.25 Å². The van der Waals surface area contributed by atoms with Crippen LogP contribution in [0.3, 0.4) is 0 Å². The smallest absolute Gasteiger partial charge is 0.316 e. The van der Waals surface area contributed by atoms with Gasteiger partial charge in [-0.15, -0.1) is 0 Å². The van der Waals surface area contributed by atoms with E-state index in [1.807, 2.05) is 0 Å². The van der Waals surface area contributed by atoms with Crippen LogP contribution in [0.5, 0.6) is 0 Å². The summed E-state index contributed by atoms with van der Waals surface area (Å²) in [5.41, 5.74) is 5.38. The fourth-order valence-electron chi connectivity index (χ4n) is 0.551. The van der Waals surface area contributed by atoms with Crippen molar-refractivity contribution in [1.82, 2.24) is 4.98 Å². The van der Waals surface area contributed by atoms with Gasteiger partial charge in [-0.3, -0.25) is 4.79 Å². The topological polar surface area (TPSA) is 76.2 Å². The first-order chi connectivity index (χ1) is 5.59. The molecule has 1 aromatic rings. The molecule has 0 aromatic carbocycles. The third-order valence-corrected chi connectivity index (χ3v) is 3.20. The molecule has 0 bridgehead atoms. The van der Waals surface area contributed by atoms with Crippen molar-refractivity contribution in [3.63, 3.8) is 0 Å². The minimum Gasteiger partial charge on any atom is -0.480 e. The number of rotatable bonds is 3. The van der Waals surface area contributed by atoms with Crippen LogP contribution < -0.4 is 5.73 Å². The Labute approximate surface area is 77.8 Å². The van der Waals surface area contributed by atoms with E-state index in [1.165, 1.54) is 23.1 Å². The van der Waals surface area contributed by atoms with Crippen LogP contribution in [-0.2, 0) is 4.79 Å². The van der Waals surface area contributed by atoms with Crippen molar-refractivity contribution in [3.05, 3.63) is 6.20 Å². The summed E-state index contributed by atoms with van der Waals surface area (Å²) in [6.07, 6.45) is 1.59. The zero-order valence-corrected chi connectivity index (χ0v) is 7.98. The number of aliphatic carboxylic acids is 1. The monoisotopic (exact) mass is 204 g/mol. The molecule has 0 spiro atoms. The number of anilines is 1. The van der Waals surface area contributed by atoms with Crippen LogP contribution in [0.2, 0.25) is 0 Å². The molecule has 0 saturated heterocycles. The molecule has 1 heterocycles. The zero-order chi connectivity index (χ0) is 9.14. The number of carboxylic acids is 1. The number of thioether (sulfide) groups is 1. The molecule has 0 radical (unpaired) electrons. The fourth-order valence-corrected chi connectivity index (χ4v) is 2.41. The third kappa shape index (κ3) is 2.38. The van der Waals surface area contributed by atoms with Crippen molar-refractivity contribution >= 4 is 34.2 Å². The number of carboxylic acid groups (broad SMARTS) is 1. The maximum atomic E-state index is 10.4. The molecular weight excluding hydrogens is 196 g/mol. The van der Waals surface area contributed by atoms with Crippen molar-refractivity contribution in [1.29, 1.82) is 0 Å². The first-order valence-electron chi connectivity index (χ1n) is 3.20. The first-order valence-corrected chi connectivity index (χ1v) is 4.90. The Hall–Kier alpha value is -0.750. The quantitative estimate of drug-likeness (QED) is 0.725. The largest absolute Gasteiger partial charge is 0.480 e. The minimum absolute atomic E-state index is 0.454. The molecule has 0 saturated carbocycles. The van der Waals surface area contributed by atoms with Gasteiger partial charge in [0, 0.05) is 0 Å². The van der Waals surface area contributed by atoms with Gasteiger partial charge in [-0.1, -0.05) is 23.1 Å². The molecule has 0 fully saturated rings. The molecule has 66 valence electrons. The molecule has 3 N–H and O–H groups in total. The van der Waals surface area contributed by atoms with Crippen LogP contribution in [0, 0.1) is 0 Å². The SMILES string of the molecule is CC(Sc1cnc(N)s1)C(=O)O. The molecule has 1 rings (SSSR count). The summed E-state index contributed by atoms with van der Waals surface area (Å²) in [5.74, 6) is -0.827. The Morgan fingerprint density at radius 3 is 3.00 bits per heavy atom. The highest BCUT2D eigenvalue weighted by Crippen LogP contribution is 2.29. The molecule has 4 nitrogen and oxygen atoms in total. The second-order valence-corrected chi connectivity index (χ2v) is 4.82. The Bertz CT molecular complexity index is 287.